The molecule has 1 aromatic rings. The average molecular weight is 313 g/mol. The minimum atomic E-state index is -1.14. The van der Waals surface area contributed by atoms with Crippen LogP contribution in [0.25, 0.3) is 0 Å². The third kappa shape index (κ3) is 5.27. The molecule has 3 N–H and O–H groups in total. The Labute approximate surface area is 129 Å². The van der Waals surface area contributed by atoms with E-state index in [0.717, 1.165) is 0 Å². The van der Waals surface area contributed by atoms with Crippen molar-refractivity contribution >= 4 is 29.3 Å². The highest BCUT2D eigenvalue weighted by atomic mass is 35.5. The van der Waals surface area contributed by atoms with Gasteiger partial charge < -0.3 is 15.7 Å². The topological polar surface area (TPSA) is 78.4 Å². The smallest absolute Gasteiger partial charge is 0.337 e. The Bertz CT molecular complexity index is 538. The monoisotopic (exact) mass is 312 g/mol. The van der Waals surface area contributed by atoms with Crippen LogP contribution < -0.4 is 10.6 Å². The van der Waals surface area contributed by atoms with Gasteiger partial charge in [0.1, 0.15) is 0 Å². The lowest BCUT2D eigenvalue weighted by Gasteiger charge is -2.27. The minimum Gasteiger partial charge on any atom is -0.478 e. The highest BCUT2D eigenvalue weighted by Crippen LogP contribution is 2.24. The van der Waals surface area contributed by atoms with Crippen LogP contribution in [0.3, 0.4) is 0 Å². The molecule has 2 amide bonds. The summed E-state index contributed by atoms with van der Waals surface area (Å²) >= 11 is 5.76. The number of urea groups is 1. The Hall–Kier alpha value is -1.75. The van der Waals surface area contributed by atoms with Crippen molar-refractivity contribution < 1.29 is 14.7 Å². The summed E-state index contributed by atoms with van der Waals surface area (Å²) in [6.07, 6.45) is 0. The minimum absolute atomic E-state index is 0.0403. The van der Waals surface area contributed by atoms with Gasteiger partial charge in [-0.2, -0.15) is 0 Å². The molecule has 5 nitrogen and oxygen atoms in total. The van der Waals surface area contributed by atoms with Gasteiger partial charge in [-0.3, -0.25) is 0 Å². The number of carboxylic acid groups (broad SMARTS) is 1. The number of hydrogen-bond acceptors (Lipinski definition) is 2. The molecule has 0 aliphatic carbocycles. The highest BCUT2D eigenvalue weighted by molar-refractivity contribution is 6.31. The van der Waals surface area contributed by atoms with E-state index in [4.69, 9.17) is 16.7 Å². The molecular weight excluding hydrogens is 292 g/mol. The summed E-state index contributed by atoms with van der Waals surface area (Å²) in [5.41, 5.74) is 0.258. The standard InChI is InChI=1S/C15H21ClN2O3/c1-9(15(2,3)4)8-17-14(21)18-12-6-5-10(16)7-11(12)13(19)20/h5-7,9H,8H2,1-4H3,(H,19,20)(H2,17,18,21). The summed E-state index contributed by atoms with van der Waals surface area (Å²) in [5, 5.41) is 14.7. The number of carbonyl (C=O) groups excluding carboxylic acids is 1. The predicted octanol–water partition coefficient (Wildman–Crippen LogP) is 3.84. The van der Waals surface area contributed by atoms with Gasteiger partial charge in [0.25, 0.3) is 0 Å². The van der Waals surface area contributed by atoms with Crippen LogP contribution in [0.15, 0.2) is 18.2 Å². The lowest BCUT2D eigenvalue weighted by Crippen LogP contribution is -2.36. The maximum absolute atomic E-state index is 11.9. The Kier molecular flexibility index (Phi) is 5.61. The van der Waals surface area contributed by atoms with Crippen molar-refractivity contribution in [2.75, 3.05) is 11.9 Å². The molecule has 1 atom stereocenters. The van der Waals surface area contributed by atoms with E-state index < -0.39 is 12.0 Å². The molecule has 0 fully saturated rings. The van der Waals surface area contributed by atoms with E-state index in [0.29, 0.717) is 11.6 Å². The SMILES string of the molecule is CC(CNC(=O)Nc1ccc(Cl)cc1C(=O)O)C(C)(C)C. The first-order chi connectivity index (χ1) is 9.61. The number of carbonyl (C=O) groups is 2. The highest BCUT2D eigenvalue weighted by Gasteiger charge is 2.20. The van der Waals surface area contributed by atoms with Crippen LogP contribution in [0.4, 0.5) is 10.5 Å². The van der Waals surface area contributed by atoms with E-state index in [1.165, 1.54) is 18.2 Å². The molecular formula is C15H21ClN2O3. The lowest BCUT2D eigenvalue weighted by atomic mass is 9.82. The number of nitrogens with one attached hydrogen (secondary N) is 2. The number of amides is 2. The summed E-state index contributed by atoms with van der Waals surface area (Å²) in [7, 11) is 0. The van der Waals surface area contributed by atoms with Crippen LogP contribution >= 0.6 is 11.6 Å². The van der Waals surface area contributed by atoms with Crippen LogP contribution in [-0.2, 0) is 0 Å². The van der Waals surface area contributed by atoms with Crippen molar-refractivity contribution in [1.29, 1.82) is 0 Å². The van der Waals surface area contributed by atoms with Crippen molar-refractivity contribution in [3.63, 3.8) is 0 Å². The van der Waals surface area contributed by atoms with Crippen LogP contribution in [0.5, 0.6) is 0 Å². The van der Waals surface area contributed by atoms with E-state index in [1.54, 1.807) is 0 Å². The van der Waals surface area contributed by atoms with Crippen molar-refractivity contribution in [2.24, 2.45) is 11.3 Å². The maximum Gasteiger partial charge on any atom is 0.337 e. The molecule has 0 saturated heterocycles. The van der Waals surface area contributed by atoms with E-state index in [9.17, 15) is 9.59 Å². The van der Waals surface area contributed by atoms with E-state index >= 15 is 0 Å². The first kappa shape index (κ1) is 17.3. The molecule has 0 bridgehead atoms. The number of aromatic carboxylic acids is 1. The second-order valence-electron chi connectivity index (χ2n) is 6.10. The van der Waals surface area contributed by atoms with Gasteiger partial charge in [-0.25, -0.2) is 9.59 Å². The second-order valence-corrected chi connectivity index (χ2v) is 6.53. The van der Waals surface area contributed by atoms with Crippen LogP contribution in [0.1, 0.15) is 38.1 Å². The largest absolute Gasteiger partial charge is 0.478 e. The lowest BCUT2D eigenvalue weighted by molar-refractivity contribution is 0.0698. The molecule has 1 aromatic carbocycles. The van der Waals surface area contributed by atoms with Crippen molar-refractivity contribution in [1.82, 2.24) is 5.32 Å². The van der Waals surface area contributed by atoms with E-state index in [2.05, 4.69) is 31.4 Å². The molecule has 1 unspecified atom stereocenters. The molecule has 0 aliphatic heterocycles. The summed E-state index contributed by atoms with van der Waals surface area (Å²) in [5.74, 6) is -0.858. The first-order valence-electron chi connectivity index (χ1n) is 6.69. The number of halogens is 1. The normalized spacial score (nSPS) is 12.6. The summed E-state index contributed by atoms with van der Waals surface area (Å²) in [4.78, 5) is 23.0. The van der Waals surface area contributed by atoms with Gasteiger partial charge in [-0.05, 0) is 29.5 Å². The second kappa shape index (κ2) is 6.80. The van der Waals surface area contributed by atoms with Gasteiger partial charge in [-0.1, -0.05) is 39.3 Å². The zero-order chi connectivity index (χ0) is 16.2. The Balaban J connectivity index is 2.70. The summed E-state index contributed by atoms with van der Waals surface area (Å²) in [6.45, 7) is 8.84. The molecule has 0 saturated carbocycles. The van der Waals surface area contributed by atoms with Crippen molar-refractivity contribution in [2.45, 2.75) is 27.7 Å². The van der Waals surface area contributed by atoms with Crippen LogP contribution in [-0.4, -0.2) is 23.7 Å². The van der Waals surface area contributed by atoms with Crippen molar-refractivity contribution in [3.8, 4) is 0 Å². The summed E-state index contributed by atoms with van der Waals surface area (Å²) in [6, 6.07) is 3.87. The Morgan fingerprint density at radius 1 is 1.33 bits per heavy atom. The van der Waals surface area contributed by atoms with Gasteiger partial charge in [-0.15, -0.1) is 0 Å². The fourth-order valence-electron chi connectivity index (χ4n) is 1.52. The number of benzene rings is 1. The molecule has 21 heavy (non-hydrogen) atoms. The Morgan fingerprint density at radius 2 is 1.95 bits per heavy atom. The number of rotatable bonds is 4. The van der Waals surface area contributed by atoms with Gasteiger partial charge in [0.05, 0.1) is 11.3 Å². The summed E-state index contributed by atoms with van der Waals surface area (Å²) < 4.78 is 0. The average Bonchev–Trinajstić information content (AvgIpc) is 2.36. The maximum atomic E-state index is 11.9. The molecule has 0 aromatic heterocycles. The van der Waals surface area contributed by atoms with Gasteiger partial charge in [0.2, 0.25) is 0 Å². The Morgan fingerprint density at radius 3 is 2.48 bits per heavy atom. The number of anilines is 1. The molecule has 116 valence electrons. The number of carboxylic acids is 1. The van der Waals surface area contributed by atoms with Gasteiger partial charge in [0, 0.05) is 11.6 Å². The van der Waals surface area contributed by atoms with Crippen LogP contribution in [0.2, 0.25) is 5.02 Å². The van der Waals surface area contributed by atoms with Gasteiger partial charge in [0.15, 0.2) is 0 Å². The number of hydrogen-bond donors (Lipinski definition) is 3. The quantitative estimate of drug-likeness (QED) is 0.790. The van der Waals surface area contributed by atoms with Crippen molar-refractivity contribution in [3.05, 3.63) is 28.8 Å². The molecule has 0 heterocycles. The third-order valence-electron chi connectivity index (χ3n) is 3.51. The molecule has 1 rings (SSSR count). The van der Waals surface area contributed by atoms with E-state index in [1.807, 2.05) is 6.92 Å². The fraction of sp³-hybridized carbons (Fsp3) is 0.467. The van der Waals surface area contributed by atoms with E-state index in [-0.39, 0.29) is 22.6 Å². The molecule has 0 spiro atoms. The predicted molar refractivity (Wildman–Crippen MR) is 84.1 cm³/mol. The van der Waals surface area contributed by atoms with Gasteiger partial charge >= 0.3 is 12.0 Å². The molecule has 0 aliphatic rings. The first-order valence-corrected chi connectivity index (χ1v) is 7.06. The molecule has 0 radical (unpaired) electrons. The zero-order valence-electron chi connectivity index (χ0n) is 12.7. The molecule has 6 heteroatoms. The van der Waals surface area contributed by atoms with Crippen LogP contribution in [0, 0.1) is 11.3 Å². The third-order valence-corrected chi connectivity index (χ3v) is 3.74. The fourth-order valence-corrected chi connectivity index (χ4v) is 1.69. The zero-order valence-corrected chi connectivity index (χ0v) is 13.4.